The molecule has 1 saturated heterocycles. The van der Waals surface area contributed by atoms with E-state index in [9.17, 15) is 9.59 Å². The molecule has 2 aromatic carbocycles. The number of carbonyl (C=O) groups excluding carboxylic acids is 1. The van der Waals surface area contributed by atoms with Crippen molar-refractivity contribution in [1.29, 1.82) is 0 Å². The molecule has 3 heterocycles. The van der Waals surface area contributed by atoms with Crippen molar-refractivity contribution in [2.45, 2.75) is 39.4 Å². The number of nitrogens with zero attached hydrogens (tertiary/aromatic N) is 5. The summed E-state index contributed by atoms with van der Waals surface area (Å²) >= 11 is 0. The van der Waals surface area contributed by atoms with Gasteiger partial charge in [0.25, 0.3) is 5.56 Å². The third kappa shape index (κ3) is 3.91. The minimum absolute atomic E-state index is 0.0519. The Hall–Kier alpha value is -3.87. The molecule has 0 bridgehead atoms. The molecule has 0 saturated carbocycles. The predicted octanol–water partition coefficient (Wildman–Crippen LogP) is 3.73. The normalized spacial score (nSPS) is 17.6. The highest BCUT2D eigenvalue weighted by atomic mass is 16.2. The third-order valence-electron chi connectivity index (χ3n) is 6.22. The maximum absolute atomic E-state index is 13.5. The van der Waals surface area contributed by atoms with E-state index in [-0.39, 0.29) is 23.0 Å². The Labute approximate surface area is 191 Å². The molecule has 0 radical (unpaired) electrons. The SMILES string of the molecule is CC1(C)CC(c2nc3nccnc3c(=O)n2Cc2ccccc2)N(Cc2ccccc2)C1=O. The van der Waals surface area contributed by atoms with E-state index >= 15 is 0 Å². The van der Waals surface area contributed by atoms with Crippen molar-refractivity contribution in [2.24, 2.45) is 5.41 Å². The number of fused-ring (bicyclic) bond motifs is 1. The third-order valence-corrected chi connectivity index (χ3v) is 6.22. The van der Waals surface area contributed by atoms with E-state index in [1.54, 1.807) is 4.57 Å². The fourth-order valence-corrected chi connectivity index (χ4v) is 4.54. The van der Waals surface area contributed by atoms with Crippen LogP contribution < -0.4 is 5.56 Å². The number of rotatable bonds is 5. The number of hydrogen-bond acceptors (Lipinski definition) is 5. The highest BCUT2D eigenvalue weighted by Crippen LogP contribution is 2.44. The molecule has 0 spiro atoms. The van der Waals surface area contributed by atoms with Gasteiger partial charge in [0.05, 0.1) is 12.6 Å². The van der Waals surface area contributed by atoms with Crippen LogP contribution in [0.5, 0.6) is 0 Å². The molecule has 1 fully saturated rings. The van der Waals surface area contributed by atoms with Gasteiger partial charge in [-0.2, -0.15) is 0 Å². The van der Waals surface area contributed by atoms with Crippen LogP contribution >= 0.6 is 0 Å². The molecule has 2 aromatic heterocycles. The largest absolute Gasteiger partial charge is 0.328 e. The molecule has 0 aliphatic carbocycles. The van der Waals surface area contributed by atoms with Crippen LogP contribution in [-0.2, 0) is 17.9 Å². The van der Waals surface area contributed by atoms with Gasteiger partial charge in [-0.3, -0.25) is 14.2 Å². The van der Waals surface area contributed by atoms with E-state index in [4.69, 9.17) is 4.98 Å². The van der Waals surface area contributed by atoms with Crippen LogP contribution in [0, 0.1) is 5.41 Å². The second kappa shape index (κ2) is 8.24. The minimum atomic E-state index is -0.563. The molecule has 0 N–H and O–H groups in total. The minimum Gasteiger partial charge on any atom is -0.328 e. The molecule has 1 aliphatic heterocycles. The van der Waals surface area contributed by atoms with Gasteiger partial charge in [-0.15, -0.1) is 0 Å². The maximum atomic E-state index is 13.5. The van der Waals surface area contributed by atoms with Crippen LogP contribution in [0.15, 0.2) is 77.9 Å². The van der Waals surface area contributed by atoms with Crippen molar-refractivity contribution in [3.05, 3.63) is 100 Å². The summed E-state index contributed by atoms with van der Waals surface area (Å²) in [5.41, 5.74) is 1.74. The van der Waals surface area contributed by atoms with Gasteiger partial charge in [0.2, 0.25) is 5.91 Å². The summed E-state index contributed by atoms with van der Waals surface area (Å²) in [5.74, 6) is 0.600. The van der Waals surface area contributed by atoms with Gasteiger partial charge < -0.3 is 4.90 Å². The summed E-state index contributed by atoms with van der Waals surface area (Å²) in [4.78, 5) is 42.1. The van der Waals surface area contributed by atoms with E-state index < -0.39 is 5.41 Å². The van der Waals surface area contributed by atoms with E-state index in [2.05, 4.69) is 9.97 Å². The lowest BCUT2D eigenvalue weighted by Crippen LogP contribution is -2.35. The van der Waals surface area contributed by atoms with Crippen molar-refractivity contribution in [2.75, 3.05) is 0 Å². The number of amides is 1. The van der Waals surface area contributed by atoms with Gasteiger partial charge in [-0.05, 0) is 17.5 Å². The van der Waals surface area contributed by atoms with Crippen molar-refractivity contribution in [3.8, 4) is 0 Å². The van der Waals surface area contributed by atoms with Crippen LogP contribution in [-0.4, -0.2) is 30.3 Å². The molecule has 5 rings (SSSR count). The summed E-state index contributed by atoms with van der Waals surface area (Å²) in [7, 11) is 0. The predicted molar refractivity (Wildman–Crippen MR) is 125 cm³/mol. The van der Waals surface area contributed by atoms with E-state index in [1.807, 2.05) is 79.4 Å². The molecule has 1 unspecified atom stereocenters. The summed E-state index contributed by atoms with van der Waals surface area (Å²) in [6.07, 6.45) is 3.60. The van der Waals surface area contributed by atoms with E-state index in [1.165, 1.54) is 12.4 Å². The summed E-state index contributed by atoms with van der Waals surface area (Å²) < 4.78 is 1.66. The lowest BCUT2D eigenvalue weighted by Gasteiger charge is -2.27. The summed E-state index contributed by atoms with van der Waals surface area (Å²) in [5, 5.41) is 0. The average molecular weight is 440 g/mol. The first kappa shape index (κ1) is 21.0. The summed E-state index contributed by atoms with van der Waals surface area (Å²) in [6.45, 7) is 4.70. The van der Waals surface area contributed by atoms with Crippen LogP contribution in [0.2, 0.25) is 0 Å². The van der Waals surface area contributed by atoms with Crippen molar-refractivity contribution >= 4 is 17.1 Å². The second-order valence-electron chi connectivity index (χ2n) is 9.10. The average Bonchev–Trinajstić information content (AvgIpc) is 3.05. The van der Waals surface area contributed by atoms with Crippen LogP contribution in [0.25, 0.3) is 11.2 Å². The number of likely N-dealkylation sites (tertiary alicyclic amines) is 1. The van der Waals surface area contributed by atoms with Gasteiger partial charge in [-0.25, -0.2) is 15.0 Å². The fraction of sp³-hybridized carbons (Fsp3) is 0.269. The number of benzene rings is 2. The van der Waals surface area contributed by atoms with Crippen molar-refractivity contribution < 1.29 is 4.79 Å². The zero-order chi connectivity index (χ0) is 23.0. The van der Waals surface area contributed by atoms with Crippen molar-refractivity contribution in [3.63, 3.8) is 0 Å². The van der Waals surface area contributed by atoms with Crippen LogP contribution in [0.4, 0.5) is 0 Å². The van der Waals surface area contributed by atoms with Gasteiger partial charge in [0, 0.05) is 24.4 Å². The molecule has 166 valence electrons. The Balaban J connectivity index is 1.67. The topological polar surface area (TPSA) is 81.0 Å². The highest BCUT2D eigenvalue weighted by Gasteiger charge is 2.47. The van der Waals surface area contributed by atoms with E-state index in [0.717, 1.165) is 11.1 Å². The lowest BCUT2D eigenvalue weighted by atomic mass is 9.89. The molecule has 1 aliphatic rings. The Bertz CT molecular complexity index is 1370. The monoisotopic (exact) mass is 439 g/mol. The van der Waals surface area contributed by atoms with E-state index in [0.29, 0.717) is 31.0 Å². The second-order valence-corrected chi connectivity index (χ2v) is 9.10. The van der Waals surface area contributed by atoms with Gasteiger partial charge >= 0.3 is 0 Å². The maximum Gasteiger partial charge on any atom is 0.282 e. The first-order valence-electron chi connectivity index (χ1n) is 11.0. The molecule has 33 heavy (non-hydrogen) atoms. The molecule has 4 aromatic rings. The zero-order valence-electron chi connectivity index (χ0n) is 18.7. The smallest absolute Gasteiger partial charge is 0.282 e. The lowest BCUT2D eigenvalue weighted by molar-refractivity contribution is -0.136. The Kier molecular flexibility index (Phi) is 5.24. The van der Waals surface area contributed by atoms with Gasteiger partial charge in [-0.1, -0.05) is 74.5 Å². The van der Waals surface area contributed by atoms with Crippen molar-refractivity contribution in [1.82, 2.24) is 24.4 Å². The molecular weight excluding hydrogens is 414 g/mol. The molecular formula is C26H25N5O2. The number of aromatic nitrogens is 4. The zero-order valence-corrected chi connectivity index (χ0v) is 18.7. The highest BCUT2D eigenvalue weighted by molar-refractivity contribution is 5.84. The van der Waals surface area contributed by atoms with Gasteiger partial charge in [0.15, 0.2) is 11.2 Å². The van der Waals surface area contributed by atoms with Gasteiger partial charge in [0.1, 0.15) is 5.82 Å². The van der Waals surface area contributed by atoms with Crippen LogP contribution in [0.3, 0.4) is 0 Å². The fourth-order valence-electron chi connectivity index (χ4n) is 4.54. The first-order valence-corrected chi connectivity index (χ1v) is 11.0. The number of carbonyl (C=O) groups is 1. The Morgan fingerprint density at radius 3 is 2.15 bits per heavy atom. The first-order chi connectivity index (χ1) is 15.9. The molecule has 1 amide bonds. The Morgan fingerprint density at radius 1 is 0.879 bits per heavy atom. The molecule has 1 atom stereocenters. The molecule has 7 nitrogen and oxygen atoms in total. The standard InChI is InChI=1S/C26H25N5O2/c1-26(2)15-20(30(25(26)33)16-18-9-5-3-6-10-18)23-29-22-21(27-13-14-28-22)24(32)31(23)17-19-11-7-4-8-12-19/h3-14,20H,15-17H2,1-2H3. The Morgan fingerprint density at radius 2 is 1.48 bits per heavy atom. The summed E-state index contributed by atoms with van der Waals surface area (Å²) in [6, 6.07) is 19.3. The number of hydrogen-bond donors (Lipinski definition) is 0. The van der Waals surface area contributed by atoms with Crippen LogP contribution in [0.1, 0.15) is 43.3 Å². The quantitative estimate of drug-likeness (QED) is 0.473. The molecule has 7 heteroatoms.